The first-order valence-electron chi connectivity index (χ1n) is 4.75. The number of rotatable bonds is 5. The van der Waals surface area contributed by atoms with E-state index in [0.717, 1.165) is 17.2 Å². The lowest BCUT2D eigenvalue weighted by Crippen LogP contribution is -2.19. The Bertz CT molecular complexity index is 349. The minimum Gasteiger partial charge on any atom is -0.470 e. The Balaban J connectivity index is 2.17. The van der Waals surface area contributed by atoms with Gasteiger partial charge in [0.15, 0.2) is 0 Å². The minimum atomic E-state index is 0.427. The molecule has 0 aromatic carbocycles. The molecule has 1 aromatic heterocycles. The van der Waals surface area contributed by atoms with Crippen LogP contribution in [0.2, 0.25) is 5.02 Å². The molecule has 6 heteroatoms. The predicted molar refractivity (Wildman–Crippen MR) is 73.0 cm³/mol. The van der Waals surface area contributed by atoms with E-state index in [-0.39, 0.29) is 0 Å². The van der Waals surface area contributed by atoms with Crippen molar-refractivity contribution >= 4 is 40.8 Å². The smallest absolute Gasteiger partial charge is 0.256 e. The molecule has 0 saturated carbocycles. The summed E-state index contributed by atoms with van der Waals surface area (Å²) < 4.78 is 5.21. The number of aromatic nitrogens is 1. The van der Waals surface area contributed by atoms with E-state index in [1.165, 1.54) is 0 Å². The molecule has 0 aliphatic rings. The molecule has 1 aromatic rings. The number of hydrogen-bond donors (Lipinski definition) is 1. The number of nitrogens with one attached hydrogen (secondary N) is 1. The highest BCUT2D eigenvalue weighted by atomic mass is 35.5. The highest BCUT2D eigenvalue weighted by molar-refractivity contribution is 7.98. The molecule has 0 aliphatic carbocycles. The number of nitrogens with zero attached hydrogens (tertiary/aromatic N) is 1. The van der Waals surface area contributed by atoms with E-state index in [9.17, 15) is 0 Å². The Kier molecular flexibility index (Phi) is 6.52. The van der Waals surface area contributed by atoms with E-state index in [4.69, 9.17) is 28.6 Å². The summed E-state index contributed by atoms with van der Waals surface area (Å²) in [6.45, 7) is 0.592. The third kappa shape index (κ3) is 5.01. The number of thioether (sulfide) groups is 1. The third-order valence-corrected chi connectivity index (χ3v) is 3.34. The van der Waals surface area contributed by atoms with E-state index in [1.54, 1.807) is 25.0 Å². The molecule has 0 aliphatic heterocycles. The van der Waals surface area contributed by atoms with E-state index >= 15 is 0 Å². The van der Waals surface area contributed by atoms with Gasteiger partial charge in [-0.1, -0.05) is 11.6 Å². The number of pyridine rings is 1. The van der Waals surface area contributed by atoms with Gasteiger partial charge in [-0.3, -0.25) is 4.98 Å². The quantitative estimate of drug-likeness (QED) is 0.660. The van der Waals surface area contributed by atoms with Gasteiger partial charge >= 0.3 is 0 Å². The van der Waals surface area contributed by atoms with E-state index in [0.29, 0.717) is 16.8 Å². The topological polar surface area (TPSA) is 34.1 Å². The summed E-state index contributed by atoms with van der Waals surface area (Å²) in [7, 11) is 1.74. The van der Waals surface area contributed by atoms with Gasteiger partial charge in [-0.25, -0.2) is 0 Å². The summed E-state index contributed by atoms with van der Waals surface area (Å²) in [5, 5.41) is 3.89. The van der Waals surface area contributed by atoms with Crippen LogP contribution in [0.3, 0.4) is 0 Å². The molecule has 0 atom stereocenters. The molecule has 0 saturated heterocycles. The van der Waals surface area contributed by atoms with E-state index < -0.39 is 0 Å². The Hall–Kier alpha value is -0.520. The van der Waals surface area contributed by atoms with Crippen molar-refractivity contribution in [3.63, 3.8) is 0 Å². The van der Waals surface area contributed by atoms with Crippen LogP contribution in [0.5, 0.6) is 0 Å². The maximum Gasteiger partial charge on any atom is 0.256 e. The van der Waals surface area contributed by atoms with Crippen molar-refractivity contribution in [2.75, 3.05) is 19.4 Å². The lowest BCUT2D eigenvalue weighted by atomic mass is 10.4. The third-order valence-electron chi connectivity index (χ3n) is 1.74. The summed E-state index contributed by atoms with van der Waals surface area (Å²) in [6, 6.07) is 3.67. The van der Waals surface area contributed by atoms with E-state index in [2.05, 4.69) is 10.3 Å². The number of ether oxygens (including phenoxy) is 1. The van der Waals surface area contributed by atoms with Crippen LogP contribution in [0.15, 0.2) is 18.3 Å². The fourth-order valence-electron chi connectivity index (χ4n) is 0.959. The van der Waals surface area contributed by atoms with Gasteiger partial charge in [-0.05, 0) is 24.4 Å². The second kappa shape index (κ2) is 7.70. The molecule has 3 nitrogen and oxygen atoms in total. The summed E-state index contributed by atoms with van der Waals surface area (Å²) in [4.78, 5) is 4.20. The zero-order valence-electron chi connectivity index (χ0n) is 8.90. The Morgan fingerprint density at radius 1 is 1.69 bits per heavy atom. The maximum atomic E-state index is 5.97. The number of thiocarbonyl (C=S) groups is 1. The molecule has 0 amide bonds. The molecule has 0 spiro atoms. The number of hydrogen-bond acceptors (Lipinski definition) is 4. The molecule has 1 heterocycles. The lowest BCUT2D eigenvalue weighted by Gasteiger charge is -2.06. The Labute approximate surface area is 110 Å². The highest BCUT2D eigenvalue weighted by Crippen LogP contribution is 2.18. The largest absolute Gasteiger partial charge is 0.470 e. The normalized spacial score (nSPS) is 9.88. The molecule has 88 valence electrons. The summed E-state index contributed by atoms with van der Waals surface area (Å²) in [5.74, 6) is 1.64. The zero-order valence-corrected chi connectivity index (χ0v) is 11.3. The zero-order chi connectivity index (χ0) is 11.8. The molecule has 0 radical (unpaired) electrons. The van der Waals surface area contributed by atoms with Crippen molar-refractivity contribution < 1.29 is 4.74 Å². The molecule has 0 unspecified atom stereocenters. The molecule has 1 rings (SSSR count). The summed E-state index contributed by atoms with van der Waals surface area (Å²) in [6.07, 6.45) is 1.74. The van der Waals surface area contributed by atoms with Crippen LogP contribution in [0, 0.1) is 0 Å². The van der Waals surface area contributed by atoms with Crippen molar-refractivity contribution in [3.05, 3.63) is 29.0 Å². The summed E-state index contributed by atoms with van der Waals surface area (Å²) >= 11 is 12.5. The molecule has 0 bridgehead atoms. The number of halogens is 1. The average Bonchev–Trinajstić information content (AvgIpc) is 2.30. The van der Waals surface area contributed by atoms with Gasteiger partial charge in [0, 0.05) is 24.8 Å². The lowest BCUT2D eigenvalue weighted by molar-refractivity contribution is 0.327. The minimum absolute atomic E-state index is 0.427. The van der Waals surface area contributed by atoms with Gasteiger partial charge in [0.05, 0.1) is 17.3 Å². The van der Waals surface area contributed by atoms with Crippen molar-refractivity contribution in [2.45, 2.75) is 5.75 Å². The van der Waals surface area contributed by atoms with Crippen LogP contribution in [-0.4, -0.2) is 29.6 Å². The first-order valence-corrected chi connectivity index (χ1v) is 6.69. The van der Waals surface area contributed by atoms with Gasteiger partial charge in [0.25, 0.3) is 5.17 Å². The van der Waals surface area contributed by atoms with Crippen molar-refractivity contribution in [1.29, 1.82) is 0 Å². The fraction of sp³-hybridized carbons (Fsp3) is 0.400. The molecule has 16 heavy (non-hydrogen) atoms. The second-order valence-corrected chi connectivity index (χ2v) is 4.75. The van der Waals surface area contributed by atoms with Crippen LogP contribution in [0.1, 0.15) is 5.69 Å². The second-order valence-electron chi connectivity index (χ2n) is 2.87. The van der Waals surface area contributed by atoms with Gasteiger partial charge in [-0.15, -0.1) is 0 Å². The predicted octanol–water partition coefficient (Wildman–Crippen LogP) is 2.49. The average molecular weight is 277 g/mol. The monoisotopic (exact) mass is 276 g/mol. The first kappa shape index (κ1) is 13.5. The van der Waals surface area contributed by atoms with Gasteiger partial charge in [0.2, 0.25) is 0 Å². The Morgan fingerprint density at radius 3 is 3.19 bits per heavy atom. The SMILES string of the molecule is CNC(=S)OCCSCc1ncccc1Cl. The Morgan fingerprint density at radius 2 is 2.50 bits per heavy atom. The molecular weight excluding hydrogens is 264 g/mol. The van der Waals surface area contributed by atoms with Gasteiger partial charge in [-0.2, -0.15) is 11.8 Å². The molecular formula is C10H13ClN2OS2. The summed E-state index contributed by atoms with van der Waals surface area (Å²) in [5.41, 5.74) is 0.908. The van der Waals surface area contributed by atoms with Crippen LogP contribution < -0.4 is 5.32 Å². The van der Waals surface area contributed by atoms with Crippen LogP contribution in [-0.2, 0) is 10.5 Å². The molecule has 1 N–H and O–H groups in total. The van der Waals surface area contributed by atoms with E-state index in [1.807, 2.05) is 12.1 Å². The maximum absolute atomic E-state index is 5.97. The van der Waals surface area contributed by atoms with Crippen LogP contribution >= 0.6 is 35.6 Å². The standard InChI is InChI=1S/C10H13ClN2OS2/c1-12-10(15)14-5-6-16-7-9-8(11)3-2-4-13-9/h2-4H,5-7H2,1H3,(H,12,15). The van der Waals surface area contributed by atoms with Crippen molar-refractivity contribution in [3.8, 4) is 0 Å². The fourth-order valence-corrected chi connectivity index (χ4v) is 2.08. The van der Waals surface area contributed by atoms with Gasteiger partial charge < -0.3 is 10.1 Å². The van der Waals surface area contributed by atoms with Gasteiger partial charge in [0.1, 0.15) is 0 Å². The van der Waals surface area contributed by atoms with Crippen LogP contribution in [0.25, 0.3) is 0 Å². The van der Waals surface area contributed by atoms with Crippen molar-refractivity contribution in [1.82, 2.24) is 10.3 Å². The molecule has 0 fully saturated rings. The van der Waals surface area contributed by atoms with Crippen LogP contribution in [0.4, 0.5) is 0 Å². The van der Waals surface area contributed by atoms with Crippen molar-refractivity contribution in [2.24, 2.45) is 0 Å². The highest BCUT2D eigenvalue weighted by Gasteiger charge is 2.00. The first-order chi connectivity index (χ1) is 7.74.